The monoisotopic (exact) mass is 1410 g/mol. The molecule has 0 radical (unpaired) electrons. The summed E-state index contributed by atoms with van der Waals surface area (Å²) in [5.74, 6) is -0.603. The van der Waals surface area contributed by atoms with Gasteiger partial charge in [0.05, 0.1) is 31.8 Å². The minimum absolute atomic E-state index is 0.0741. The highest BCUT2D eigenvalue weighted by atomic mass is 35.5. The number of benzene rings is 4. The fraction of sp³-hybridized carbons (Fsp3) is 0.357. The molecule has 4 aliphatic rings. The normalized spacial score (nSPS) is 18.1. The van der Waals surface area contributed by atoms with Gasteiger partial charge >= 0.3 is 25.1 Å². The SMILES string of the molecule is O=C(NCc1ccc(OC(F)(F)F)cc1)[C@H]1CN(c2nc3nc(C4CC4)nc(Cl)c3s2)CCN1S(=O)(=O)c1ccc(C(F)(F)F)cc1.O=C(NCc1ccc(OC(F)(F)F)cc1)[C@H]1CN(c2nc3nc(C4CC4)ncc3s2)CCN1S(=O)(=O)c1ccc(C(F)(F)F)cc1. The first-order valence-electron chi connectivity index (χ1n) is 27.9. The van der Waals surface area contributed by atoms with E-state index in [1.165, 1.54) is 46.9 Å². The van der Waals surface area contributed by atoms with Crippen molar-refractivity contribution in [3.8, 4) is 11.5 Å². The lowest BCUT2D eigenvalue weighted by Crippen LogP contribution is -2.60. The quantitative estimate of drug-likeness (QED) is 0.0676. The maximum Gasteiger partial charge on any atom is 0.573 e. The lowest BCUT2D eigenvalue weighted by Gasteiger charge is -2.39. The van der Waals surface area contributed by atoms with E-state index in [1.807, 2.05) is 0 Å². The van der Waals surface area contributed by atoms with Crippen molar-refractivity contribution in [3.05, 3.63) is 142 Å². The van der Waals surface area contributed by atoms with Gasteiger partial charge in [0.1, 0.15) is 39.9 Å². The number of piperazine rings is 2. The smallest absolute Gasteiger partial charge is 0.406 e. The molecule has 2 N–H and O–H groups in total. The van der Waals surface area contributed by atoms with E-state index in [4.69, 9.17) is 11.6 Å². The number of nitrogens with one attached hydrogen (secondary N) is 2. The second-order valence-electron chi connectivity index (χ2n) is 21.5. The van der Waals surface area contributed by atoms with Gasteiger partial charge < -0.3 is 29.9 Å². The number of ether oxygens (including phenoxy) is 2. The third kappa shape index (κ3) is 15.9. The number of rotatable bonds is 16. The Balaban J connectivity index is 0.000000190. The zero-order valence-corrected chi connectivity index (χ0v) is 51.4. The van der Waals surface area contributed by atoms with Crippen molar-refractivity contribution in [2.24, 2.45) is 0 Å². The highest BCUT2D eigenvalue weighted by Gasteiger charge is 2.44. The van der Waals surface area contributed by atoms with Gasteiger partial charge in [0.2, 0.25) is 31.9 Å². The van der Waals surface area contributed by atoms with Crippen LogP contribution in [0.25, 0.3) is 20.7 Å². The van der Waals surface area contributed by atoms with Gasteiger partial charge in [-0.2, -0.15) is 44.9 Å². The number of carbonyl (C=O) groups excluding carboxylic acids is 2. The van der Waals surface area contributed by atoms with Crippen LogP contribution < -0.4 is 29.9 Å². The van der Waals surface area contributed by atoms with Crippen molar-refractivity contribution in [2.45, 2.75) is 97.6 Å². The van der Waals surface area contributed by atoms with Crippen LogP contribution in [0.5, 0.6) is 11.5 Å². The largest absolute Gasteiger partial charge is 0.573 e. The molecule has 0 spiro atoms. The fourth-order valence-electron chi connectivity index (χ4n) is 9.88. The first-order chi connectivity index (χ1) is 43.8. The molecule has 2 saturated heterocycles. The third-order valence-corrected chi connectivity index (χ3v) is 21.3. The van der Waals surface area contributed by atoms with Gasteiger partial charge in [-0.1, -0.05) is 58.5 Å². The van der Waals surface area contributed by atoms with Crippen LogP contribution in [0.1, 0.15) is 71.4 Å². The Kier molecular flexibility index (Phi) is 18.5. The number of nitrogens with zero attached hydrogens (tertiary/aromatic N) is 10. The molecule has 20 nitrogen and oxygen atoms in total. The second-order valence-corrected chi connectivity index (χ2v) is 27.6. The van der Waals surface area contributed by atoms with Crippen molar-refractivity contribution in [3.63, 3.8) is 0 Å². The Morgan fingerprint density at radius 1 is 0.527 bits per heavy atom. The first-order valence-corrected chi connectivity index (χ1v) is 32.8. The molecule has 37 heteroatoms. The maximum absolute atomic E-state index is 13.7. The average Bonchev–Trinajstić information content (AvgIpc) is 1.76. The van der Waals surface area contributed by atoms with Crippen LogP contribution >= 0.6 is 34.3 Å². The summed E-state index contributed by atoms with van der Waals surface area (Å²) in [5.41, 5.74) is -0.417. The molecular formula is C56H47ClF12N12O8S4. The summed E-state index contributed by atoms with van der Waals surface area (Å²) in [5, 5.41) is 6.36. The van der Waals surface area contributed by atoms with Gasteiger partial charge in [0, 0.05) is 64.2 Å². The molecule has 8 aromatic rings. The van der Waals surface area contributed by atoms with Crippen LogP contribution in [0, 0.1) is 0 Å². The van der Waals surface area contributed by atoms with Crippen molar-refractivity contribution >= 4 is 97.1 Å². The van der Waals surface area contributed by atoms with Crippen molar-refractivity contribution in [1.29, 1.82) is 0 Å². The van der Waals surface area contributed by atoms with Crippen LogP contribution in [0.15, 0.2) is 113 Å². The number of amides is 2. The standard InChI is InChI=1S/C28H23ClF6N6O4S2.C28H24F6N6O4S2/c29-22-21-24(38-23(37-22)16-3-4-16)39-26(46-21)40-11-12-41(47(43,44)19-9-5-17(6-10-19)27(30,31)32)20(14-40)25(42)36-13-15-1-7-18(8-2-15)45-28(33,34)35;29-27(30,31)18-5-9-20(10-6-18)46(42,43)40-12-11-39(26-38-24-22(45-26)14-35-23(37-24)17-3-4-17)15-21(40)25(41)36-13-16-1-7-19(8-2-16)44-28(32,33)34/h1-2,5-10,16,20H,3-4,11-14H2,(H,36,42);1-2,5-10,14,17,21H,3-4,11-13,15H2,(H,36,41)/t20-;21-/m11/s1. The van der Waals surface area contributed by atoms with Gasteiger partial charge in [-0.3, -0.25) is 9.59 Å². The van der Waals surface area contributed by atoms with E-state index in [1.54, 1.807) is 16.0 Å². The number of hydrogen-bond acceptors (Lipinski definition) is 18. The summed E-state index contributed by atoms with van der Waals surface area (Å²) in [6.07, 6.45) is -13.6. The molecule has 4 aromatic heterocycles. The van der Waals surface area contributed by atoms with Gasteiger partial charge in [-0.05, 0) is 110 Å². The van der Waals surface area contributed by atoms with Gasteiger partial charge in [0.15, 0.2) is 26.7 Å². The van der Waals surface area contributed by atoms with Crippen molar-refractivity contribution in [1.82, 2.24) is 49.1 Å². The predicted molar refractivity (Wildman–Crippen MR) is 312 cm³/mol. The third-order valence-electron chi connectivity index (χ3n) is 14.9. The maximum atomic E-state index is 13.7. The van der Waals surface area contributed by atoms with E-state index in [0.717, 1.165) is 82.8 Å². The number of halogens is 13. The lowest BCUT2D eigenvalue weighted by molar-refractivity contribution is -0.275. The van der Waals surface area contributed by atoms with Crippen molar-refractivity contribution < 1.29 is 88.6 Å². The van der Waals surface area contributed by atoms with Gasteiger partial charge in [-0.15, -0.1) is 26.3 Å². The number of sulfonamides is 2. The van der Waals surface area contributed by atoms with E-state index in [9.17, 15) is 79.1 Å². The summed E-state index contributed by atoms with van der Waals surface area (Å²) in [6.45, 7) is -0.898. The molecule has 0 bridgehead atoms. The molecule has 2 saturated carbocycles. The number of fused-ring (bicyclic) bond motifs is 2. The molecule has 4 aromatic carbocycles. The van der Waals surface area contributed by atoms with Crippen LogP contribution in [0.2, 0.25) is 5.15 Å². The Bertz CT molecular complexity index is 4300. The van der Waals surface area contributed by atoms with Gasteiger partial charge in [0.25, 0.3) is 0 Å². The fourth-order valence-corrected chi connectivity index (χ4v) is 15.1. The molecule has 2 aliphatic carbocycles. The summed E-state index contributed by atoms with van der Waals surface area (Å²) >= 11 is 8.85. The number of carbonyl (C=O) groups is 2. The molecule has 4 fully saturated rings. The summed E-state index contributed by atoms with van der Waals surface area (Å²) in [7, 11) is -8.92. The minimum Gasteiger partial charge on any atom is -0.406 e. The number of anilines is 2. The zero-order valence-electron chi connectivity index (χ0n) is 47.4. The molecule has 2 amide bonds. The minimum atomic E-state index is -4.88. The van der Waals surface area contributed by atoms with Crippen LogP contribution in [0.3, 0.4) is 0 Å². The number of alkyl halides is 12. The predicted octanol–water partition coefficient (Wildman–Crippen LogP) is 10.8. The summed E-state index contributed by atoms with van der Waals surface area (Å²) in [6, 6.07) is 12.7. The Morgan fingerprint density at radius 3 is 1.35 bits per heavy atom. The molecule has 6 heterocycles. The number of hydrogen-bond donors (Lipinski definition) is 2. The average molecular weight is 1410 g/mol. The summed E-state index contributed by atoms with van der Waals surface area (Å²) < 4.78 is 219. The van der Waals surface area contributed by atoms with Crippen LogP contribution in [0.4, 0.5) is 62.9 Å². The molecule has 93 heavy (non-hydrogen) atoms. The van der Waals surface area contributed by atoms with E-state index < -0.39 is 101 Å². The molecule has 0 unspecified atom stereocenters. The van der Waals surface area contributed by atoms with E-state index in [-0.39, 0.29) is 63.4 Å². The van der Waals surface area contributed by atoms with Crippen LogP contribution in [-0.2, 0) is 55.1 Å². The van der Waals surface area contributed by atoms with E-state index in [2.05, 4.69) is 50.0 Å². The van der Waals surface area contributed by atoms with Crippen molar-refractivity contribution in [2.75, 3.05) is 49.1 Å². The molecule has 2 atom stereocenters. The van der Waals surface area contributed by atoms with E-state index >= 15 is 0 Å². The zero-order chi connectivity index (χ0) is 66.6. The van der Waals surface area contributed by atoms with Crippen LogP contribution in [-0.4, -0.2) is 131 Å². The lowest BCUT2D eigenvalue weighted by atomic mass is 10.1. The molecule has 2 aliphatic heterocycles. The molecule has 494 valence electrons. The topological polar surface area (TPSA) is 235 Å². The van der Waals surface area contributed by atoms with Gasteiger partial charge in [-0.25, -0.2) is 36.8 Å². The molecule has 12 rings (SSSR count). The Morgan fingerprint density at radius 2 is 0.935 bits per heavy atom. The molecular weight excluding hydrogens is 1360 g/mol. The highest BCUT2D eigenvalue weighted by Crippen LogP contribution is 2.43. The van der Waals surface area contributed by atoms with E-state index in [0.29, 0.717) is 83.9 Å². The Hall–Kier alpha value is -7.77. The first kappa shape index (κ1) is 66.7. The summed E-state index contributed by atoms with van der Waals surface area (Å²) in [4.78, 5) is 56.7. The second kappa shape index (κ2) is 25.9. The number of thiazole rings is 2. The highest BCUT2D eigenvalue weighted by molar-refractivity contribution is 7.89. The Labute approximate surface area is 532 Å². The number of aromatic nitrogens is 6.